The molecule has 0 spiro atoms. The molecule has 1 unspecified atom stereocenters. The second-order valence-corrected chi connectivity index (χ2v) is 4.86. The van der Waals surface area contributed by atoms with Crippen LogP contribution in [0.25, 0.3) is 0 Å². The van der Waals surface area contributed by atoms with Crippen LogP contribution in [-0.2, 0) is 6.61 Å². The number of benzene rings is 1. The Morgan fingerprint density at radius 2 is 2.10 bits per heavy atom. The standard InChI is InChI=1S/C15H17ClN2O2/c1-10(17)11-3-4-14(15(7-11)19-2)20-9-12-5-6-18-8-13(12)16/h3-8,10H,9,17H2,1-2H3. The van der Waals surface area contributed by atoms with Crippen molar-refractivity contribution < 1.29 is 9.47 Å². The molecule has 0 radical (unpaired) electrons. The summed E-state index contributed by atoms with van der Waals surface area (Å²) in [4.78, 5) is 3.94. The van der Waals surface area contributed by atoms with Crippen LogP contribution >= 0.6 is 11.6 Å². The van der Waals surface area contributed by atoms with Crippen molar-refractivity contribution in [1.82, 2.24) is 4.98 Å². The van der Waals surface area contributed by atoms with Gasteiger partial charge < -0.3 is 15.2 Å². The Bertz CT molecular complexity index is 588. The Morgan fingerprint density at radius 3 is 2.75 bits per heavy atom. The van der Waals surface area contributed by atoms with E-state index in [0.717, 1.165) is 11.1 Å². The molecule has 1 atom stereocenters. The topological polar surface area (TPSA) is 57.4 Å². The van der Waals surface area contributed by atoms with E-state index in [1.54, 1.807) is 19.5 Å². The largest absolute Gasteiger partial charge is 0.493 e. The van der Waals surface area contributed by atoms with Gasteiger partial charge in [-0.05, 0) is 30.7 Å². The number of hydrogen-bond acceptors (Lipinski definition) is 4. The third-order valence-corrected chi connectivity index (χ3v) is 3.29. The fourth-order valence-corrected chi connectivity index (χ4v) is 1.94. The van der Waals surface area contributed by atoms with E-state index in [-0.39, 0.29) is 6.04 Å². The van der Waals surface area contributed by atoms with E-state index in [0.29, 0.717) is 23.1 Å². The molecule has 20 heavy (non-hydrogen) atoms. The predicted molar refractivity (Wildman–Crippen MR) is 79.2 cm³/mol. The molecule has 2 N–H and O–H groups in total. The smallest absolute Gasteiger partial charge is 0.161 e. The lowest BCUT2D eigenvalue weighted by atomic mass is 10.1. The van der Waals surface area contributed by atoms with Crippen LogP contribution in [-0.4, -0.2) is 12.1 Å². The van der Waals surface area contributed by atoms with Crippen LogP contribution < -0.4 is 15.2 Å². The fourth-order valence-electron chi connectivity index (χ4n) is 1.76. The molecule has 0 aliphatic heterocycles. The molecule has 0 saturated carbocycles. The summed E-state index contributed by atoms with van der Waals surface area (Å²) >= 11 is 6.04. The summed E-state index contributed by atoms with van der Waals surface area (Å²) in [6, 6.07) is 7.44. The highest BCUT2D eigenvalue weighted by Crippen LogP contribution is 2.30. The monoisotopic (exact) mass is 292 g/mol. The Morgan fingerprint density at radius 1 is 1.30 bits per heavy atom. The molecule has 1 heterocycles. The first-order chi connectivity index (χ1) is 9.61. The molecule has 1 aromatic carbocycles. The maximum atomic E-state index is 6.04. The van der Waals surface area contributed by atoms with Crippen molar-refractivity contribution in [1.29, 1.82) is 0 Å². The fraction of sp³-hybridized carbons (Fsp3) is 0.267. The third kappa shape index (κ3) is 3.40. The first-order valence-electron chi connectivity index (χ1n) is 6.26. The maximum absolute atomic E-state index is 6.04. The van der Waals surface area contributed by atoms with E-state index in [1.165, 1.54) is 0 Å². The molecule has 0 aliphatic rings. The molecule has 0 aliphatic carbocycles. The molecule has 0 bridgehead atoms. The summed E-state index contributed by atoms with van der Waals surface area (Å²) in [6.07, 6.45) is 3.28. The van der Waals surface area contributed by atoms with Gasteiger partial charge in [0.2, 0.25) is 0 Å². The van der Waals surface area contributed by atoms with Crippen molar-refractivity contribution in [2.24, 2.45) is 5.73 Å². The highest BCUT2D eigenvalue weighted by atomic mass is 35.5. The van der Waals surface area contributed by atoms with Crippen LogP contribution in [0.2, 0.25) is 5.02 Å². The number of hydrogen-bond donors (Lipinski definition) is 1. The highest BCUT2D eigenvalue weighted by Gasteiger charge is 2.09. The maximum Gasteiger partial charge on any atom is 0.161 e. The molecule has 106 valence electrons. The summed E-state index contributed by atoms with van der Waals surface area (Å²) < 4.78 is 11.1. The van der Waals surface area contributed by atoms with Gasteiger partial charge in [-0.3, -0.25) is 4.98 Å². The van der Waals surface area contributed by atoms with Gasteiger partial charge in [0.15, 0.2) is 11.5 Å². The minimum atomic E-state index is -0.0485. The van der Waals surface area contributed by atoms with Crippen LogP contribution in [0.4, 0.5) is 0 Å². The highest BCUT2D eigenvalue weighted by molar-refractivity contribution is 6.31. The molecule has 2 rings (SSSR count). The van der Waals surface area contributed by atoms with E-state index < -0.39 is 0 Å². The normalized spacial score (nSPS) is 12.0. The number of aromatic nitrogens is 1. The molecule has 0 saturated heterocycles. The Hall–Kier alpha value is -1.78. The van der Waals surface area contributed by atoms with Crippen LogP contribution in [0.1, 0.15) is 24.1 Å². The molecule has 1 aromatic heterocycles. The van der Waals surface area contributed by atoms with E-state index in [9.17, 15) is 0 Å². The van der Waals surface area contributed by atoms with Gasteiger partial charge in [-0.25, -0.2) is 0 Å². The quantitative estimate of drug-likeness (QED) is 0.918. The number of rotatable bonds is 5. The number of pyridine rings is 1. The van der Waals surface area contributed by atoms with Crippen LogP contribution in [0.3, 0.4) is 0 Å². The summed E-state index contributed by atoms with van der Waals surface area (Å²) in [6.45, 7) is 2.28. The molecule has 0 fully saturated rings. The van der Waals surface area contributed by atoms with Gasteiger partial charge in [-0.1, -0.05) is 17.7 Å². The molecular weight excluding hydrogens is 276 g/mol. The summed E-state index contributed by atoms with van der Waals surface area (Å²) in [7, 11) is 1.60. The zero-order valence-electron chi connectivity index (χ0n) is 11.5. The Balaban J connectivity index is 2.15. The second-order valence-electron chi connectivity index (χ2n) is 4.45. The Labute approximate surface area is 123 Å². The van der Waals surface area contributed by atoms with E-state index in [4.69, 9.17) is 26.8 Å². The third-order valence-electron chi connectivity index (χ3n) is 2.95. The molecular formula is C15H17ClN2O2. The zero-order valence-corrected chi connectivity index (χ0v) is 12.2. The van der Waals surface area contributed by atoms with E-state index in [1.807, 2.05) is 31.2 Å². The minimum Gasteiger partial charge on any atom is -0.493 e. The second kappa shape index (κ2) is 6.59. The average molecular weight is 293 g/mol. The number of halogens is 1. The van der Waals surface area contributed by atoms with Crippen molar-refractivity contribution in [3.05, 3.63) is 52.8 Å². The first kappa shape index (κ1) is 14.6. The zero-order chi connectivity index (χ0) is 14.5. The number of ether oxygens (including phenoxy) is 2. The summed E-state index contributed by atoms with van der Waals surface area (Å²) in [5.41, 5.74) is 7.72. The lowest BCUT2D eigenvalue weighted by Crippen LogP contribution is -2.06. The van der Waals surface area contributed by atoms with Gasteiger partial charge >= 0.3 is 0 Å². The minimum absolute atomic E-state index is 0.0485. The van der Waals surface area contributed by atoms with E-state index >= 15 is 0 Å². The predicted octanol–water partition coefficient (Wildman–Crippen LogP) is 3.34. The summed E-state index contributed by atoms with van der Waals surface area (Å²) in [5, 5.41) is 0.582. The number of methoxy groups -OCH3 is 1. The van der Waals surface area contributed by atoms with Crippen molar-refractivity contribution in [2.75, 3.05) is 7.11 Å². The number of nitrogens with two attached hydrogens (primary N) is 1. The van der Waals surface area contributed by atoms with Crippen molar-refractivity contribution in [3.63, 3.8) is 0 Å². The van der Waals surface area contributed by atoms with Gasteiger partial charge in [-0.15, -0.1) is 0 Å². The SMILES string of the molecule is COc1cc(C(C)N)ccc1OCc1ccncc1Cl. The van der Waals surface area contributed by atoms with Crippen LogP contribution in [0.5, 0.6) is 11.5 Å². The van der Waals surface area contributed by atoms with Crippen LogP contribution in [0.15, 0.2) is 36.7 Å². The molecule has 5 heteroatoms. The summed E-state index contributed by atoms with van der Waals surface area (Å²) in [5.74, 6) is 1.31. The van der Waals surface area contributed by atoms with Gasteiger partial charge in [0, 0.05) is 24.0 Å². The van der Waals surface area contributed by atoms with Gasteiger partial charge in [0.1, 0.15) is 6.61 Å². The molecule has 0 amide bonds. The van der Waals surface area contributed by atoms with Gasteiger partial charge in [0.05, 0.1) is 12.1 Å². The first-order valence-corrected chi connectivity index (χ1v) is 6.64. The van der Waals surface area contributed by atoms with Gasteiger partial charge in [-0.2, -0.15) is 0 Å². The lowest BCUT2D eigenvalue weighted by Gasteiger charge is -2.14. The number of nitrogens with zero attached hydrogens (tertiary/aromatic N) is 1. The molecule has 4 nitrogen and oxygen atoms in total. The molecule has 2 aromatic rings. The van der Waals surface area contributed by atoms with Crippen molar-refractivity contribution >= 4 is 11.6 Å². The van der Waals surface area contributed by atoms with Crippen molar-refractivity contribution in [3.8, 4) is 11.5 Å². The van der Waals surface area contributed by atoms with Gasteiger partial charge in [0.25, 0.3) is 0 Å². The lowest BCUT2D eigenvalue weighted by molar-refractivity contribution is 0.284. The Kier molecular flexibility index (Phi) is 4.82. The van der Waals surface area contributed by atoms with Crippen LogP contribution in [0, 0.1) is 0 Å². The van der Waals surface area contributed by atoms with Crippen molar-refractivity contribution in [2.45, 2.75) is 19.6 Å². The van der Waals surface area contributed by atoms with E-state index in [2.05, 4.69) is 4.98 Å². The average Bonchev–Trinajstić information content (AvgIpc) is 2.46.